The van der Waals surface area contributed by atoms with Crippen molar-refractivity contribution in [1.82, 2.24) is 15.5 Å². The second kappa shape index (κ2) is 7.40. The number of carbonyl (C=O) groups excluding carboxylic acids is 1. The van der Waals surface area contributed by atoms with E-state index in [-0.39, 0.29) is 5.91 Å². The largest absolute Gasteiger partial charge is 0.351 e. The monoisotopic (exact) mass is 385 g/mol. The molecule has 0 aliphatic heterocycles. The van der Waals surface area contributed by atoms with Crippen molar-refractivity contribution in [2.75, 3.05) is 6.54 Å². The molecule has 1 amide bonds. The number of nitrogens with one attached hydrogen (secondary N) is 1. The summed E-state index contributed by atoms with van der Waals surface area (Å²) in [6.07, 6.45) is 0.481. The summed E-state index contributed by atoms with van der Waals surface area (Å²) >= 11 is 3.37. The molecule has 1 heterocycles. The van der Waals surface area contributed by atoms with Crippen molar-refractivity contribution in [1.29, 1.82) is 0 Å². The number of rotatable bonds is 5. The number of aryl methyl sites for hydroxylation is 1. The van der Waals surface area contributed by atoms with Crippen LogP contribution in [0.5, 0.6) is 0 Å². The van der Waals surface area contributed by atoms with Crippen LogP contribution in [0.2, 0.25) is 0 Å². The van der Waals surface area contributed by atoms with Crippen LogP contribution in [0, 0.1) is 6.92 Å². The molecular formula is C18H16BrN3O2. The minimum Gasteiger partial charge on any atom is -0.351 e. The Morgan fingerprint density at radius 3 is 2.71 bits per heavy atom. The van der Waals surface area contributed by atoms with Crippen LogP contribution in [-0.2, 0) is 6.42 Å². The third-order valence-electron chi connectivity index (χ3n) is 3.60. The molecule has 1 aromatic heterocycles. The van der Waals surface area contributed by atoms with Crippen LogP contribution < -0.4 is 5.32 Å². The average molecular weight is 386 g/mol. The quantitative estimate of drug-likeness (QED) is 0.725. The van der Waals surface area contributed by atoms with E-state index in [9.17, 15) is 4.79 Å². The topological polar surface area (TPSA) is 68.0 Å². The number of carbonyl (C=O) groups is 1. The normalized spacial score (nSPS) is 10.6. The van der Waals surface area contributed by atoms with Gasteiger partial charge in [-0.25, -0.2) is 0 Å². The summed E-state index contributed by atoms with van der Waals surface area (Å²) in [6.45, 7) is 2.43. The number of hydrogen-bond acceptors (Lipinski definition) is 4. The zero-order chi connectivity index (χ0) is 16.9. The van der Waals surface area contributed by atoms with E-state index < -0.39 is 0 Å². The molecule has 6 heteroatoms. The first-order valence-electron chi connectivity index (χ1n) is 7.56. The van der Waals surface area contributed by atoms with Crippen LogP contribution in [0.3, 0.4) is 0 Å². The summed E-state index contributed by atoms with van der Waals surface area (Å²) in [7, 11) is 0. The minimum absolute atomic E-state index is 0.138. The zero-order valence-corrected chi connectivity index (χ0v) is 14.7. The molecule has 0 saturated carbocycles. The first-order valence-corrected chi connectivity index (χ1v) is 8.36. The standard InChI is InChI=1S/C18H16BrN3O2/c1-12-6-2-3-7-13(12)17-21-16(24-22-17)10-11-20-18(23)14-8-4-5-9-15(14)19/h2-9H,10-11H2,1H3,(H,20,23). The van der Waals surface area contributed by atoms with Gasteiger partial charge in [0, 0.05) is 23.0 Å². The van der Waals surface area contributed by atoms with E-state index in [0.29, 0.717) is 30.2 Å². The van der Waals surface area contributed by atoms with Gasteiger partial charge in [0.1, 0.15) is 0 Å². The number of aromatic nitrogens is 2. The molecule has 0 atom stereocenters. The second-order valence-corrected chi connectivity index (χ2v) is 6.17. The highest BCUT2D eigenvalue weighted by molar-refractivity contribution is 9.10. The van der Waals surface area contributed by atoms with Crippen molar-refractivity contribution in [3.8, 4) is 11.4 Å². The third-order valence-corrected chi connectivity index (χ3v) is 4.29. The number of benzene rings is 2. The second-order valence-electron chi connectivity index (χ2n) is 5.31. The van der Waals surface area contributed by atoms with E-state index in [1.165, 1.54) is 0 Å². The first-order chi connectivity index (χ1) is 11.6. The molecule has 0 spiro atoms. The van der Waals surface area contributed by atoms with Crippen molar-refractivity contribution >= 4 is 21.8 Å². The fraction of sp³-hybridized carbons (Fsp3) is 0.167. The summed E-state index contributed by atoms with van der Waals surface area (Å²) in [5.41, 5.74) is 2.64. The molecule has 0 aliphatic rings. The Kier molecular flexibility index (Phi) is 5.05. The fourth-order valence-corrected chi connectivity index (χ4v) is 2.78. The number of hydrogen-bond donors (Lipinski definition) is 1. The summed E-state index contributed by atoms with van der Waals surface area (Å²) in [5, 5.41) is 6.86. The lowest BCUT2D eigenvalue weighted by molar-refractivity contribution is 0.0952. The third kappa shape index (κ3) is 3.71. The Labute approximate surface area is 148 Å². The Hall–Kier alpha value is -2.47. The van der Waals surface area contributed by atoms with Crippen LogP contribution in [0.4, 0.5) is 0 Å². The van der Waals surface area contributed by atoms with E-state index in [1.54, 1.807) is 6.07 Å². The summed E-state index contributed by atoms with van der Waals surface area (Å²) in [4.78, 5) is 16.5. The van der Waals surface area contributed by atoms with Gasteiger partial charge in [-0.1, -0.05) is 41.6 Å². The van der Waals surface area contributed by atoms with Gasteiger partial charge >= 0.3 is 0 Å². The van der Waals surface area contributed by atoms with Crippen molar-refractivity contribution in [3.63, 3.8) is 0 Å². The van der Waals surface area contributed by atoms with Crippen molar-refractivity contribution in [3.05, 3.63) is 70.0 Å². The fourth-order valence-electron chi connectivity index (χ4n) is 2.31. The van der Waals surface area contributed by atoms with Gasteiger partial charge in [-0.3, -0.25) is 4.79 Å². The molecule has 24 heavy (non-hydrogen) atoms. The van der Waals surface area contributed by atoms with Gasteiger partial charge in [0.15, 0.2) is 0 Å². The van der Waals surface area contributed by atoms with Gasteiger partial charge in [-0.2, -0.15) is 4.98 Å². The zero-order valence-electron chi connectivity index (χ0n) is 13.1. The van der Waals surface area contributed by atoms with Crippen molar-refractivity contribution in [2.45, 2.75) is 13.3 Å². The average Bonchev–Trinajstić information content (AvgIpc) is 3.04. The molecule has 0 unspecified atom stereocenters. The lowest BCUT2D eigenvalue weighted by Gasteiger charge is -2.05. The van der Waals surface area contributed by atoms with E-state index >= 15 is 0 Å². The molecule has 0 saturated heterocycles. The van der Waals surface area contributed by atoms with Gasteiger partial charge in [0.05, 0.1) is 5.56 Å². The Bertz CT molecular complexity index is 861. The predicted molar refractivity (Wildman–Crippen MR) is 94.7 cm³/mol. The Balaban J connectivity index is 1.59. The minimum atomic E-state index is -0.138. The molecule has 0 aliphatic carbocycles. The number of halogens is 1. The van der Waals surface area contributed by atoms with Crippen molar-refractivity contribution < 1.29 is 9.32 Å². The molecule has 2 aromatic carbocycles. The Morgan fingerprint density at radius 1 is 1.17 bits per heavy atom. The van der Waals surface area contributed by atoms with Crippen LogP contribution in [0.25, 0.3) is 11.4 Å². The molecule has 0 radical (unpaired) electrons. The summed E-state index contributed by atoms with van der Waals surface area (Å²) in [6, 6.07) is 15.2. The van der Waals surface area contributed by atoms with Gasteiger partial charge in [-0.05, 0) is 40.5 Å². The maximum Gasteiger partial charge on any atom is 0.252 e. The molecule has 1 N–H and O–H groups in total. The van der Waals surface area contributed by atoms with Crippen LogP contribution in [0.15, 0.2) is 57.5 Å². The summed E-state index contributed by atoms with van der Waals surface area (Å²) in [5.74, 6) is 0.932. The molecule has 5 nitrogen and oxygen atoms in total. The van der Waals surface area contributed by atoms with Gasteiger partial charge in [0.25, 0.3) is 5.91 Å². The number of amides is 1. The van der Waals surface area contributed by atoms with Gasteiger partial charge < -0.3 is 9.84 Å². The molecule has 0 fully saturated rings. The van der Waals surface area contributed by atoms with E-state index in [1.807, 2.05) is 49.4 Å². The predicted octanol–water partition coefficient (Wildman–Crippen LogP) is 3.78. The molecular weight excluding hydrogens is 370 g/mol. The molecule has 0 bridgehead atoms. The van der Waals surface area contributed by atoms with E-state index in [4.69, 9.17) is 4.52 Å². The maximum absolute atomic E-state index is 12.1. The highest BCUT2D eigenvalue weighted by atomic mass is 79.9. The molecule has 122 valence electrons. The number of nitrogens with zero attached hydrogens (tertiary/aromatic N) is 2. The summed E-state index contributed by atoms with van der Waals surface area (Å²) < 4.78 is 6.03. The first kappa shape index (κ1) is 16.4. The molecule has 3 aromatic rings. The van der Waals surface area contributed by atoms with E-state index in [2.05, 4.69) is 31.4 Å². The van der Waals surface area contributed by atoms with Crippen molar-refractivity contribution in [2.24, 2.45) is 0 Å². The lowest BCUT2D eigenvalue weighted by Crippen LogP contribution is -2.26. The maximum atomic E-state index is 12.1. The highest BCUT2D eigenvalue weighted by Gasteiger charge is 2.12. The van der Waals surface area contributed by atoms with Gasteiger partial charge in [0.2, 0.25) is 11.7 Å². The Morgan fingerprint density at radius 2 is 1.92 bits per heavy atom. The SMILES string of the molecule is Cc1ccccc1-c1noc(CCNC(=O)c2ccccc2Br)n1. The molecule has 3 rings (SSSR count). The highest BCUT2D eigenvalue weighted by Crippen LogP contribution is 2.20. The lowest BCUT2D eigenvalue weighted by atomic mass is 10.1. The van der Waals surface area contributed by atoms with Crippen LogP contribution in [-0.4, -0.2) is 22.6 Å². The van der Waals surface area contributed by atoms with E-state index in [0.717, 1.165) is 15.6 Å². The van der Waals surface area contributed by atoms with Crippen LogP contribution in [0.1, 0.15) is 21.8 Å². The van der Waals surface area contributed by atoms with Gasteiger partial charge in [-0.15, -0.1) is 0 Å². The van der Waals surface area contributed by atoms with Crippen LogP contribution >= 0.6 is 15.9 Å². The smallest absolute Gasteiger partial charge is 0.252 e.